The topological polar surface area (TPSA) is 97.3 Å². The number of halogens is 1. The van der Waals surface area contributed by atoms with Gasteiger partial charge in [0.1, 0.15) is 5.82 Å². The van der Waals surface area contributed by atoms with Crippen LogP contribution in [0.1, 0.15) is 36.6 Å². The first-order valence-corrected chi connectivity index (χ1v) is 5.77. The Morgan fingerprint density at radius 3 is 1.74 bits per heavy atom. The minimum atomic E-state index is -1.69. The van der Waals surface area contributed by atoms with Gasteiger partial charge in [0.05, 0.1) is 11.9 Å². The van der Waals surface area contributed by atoms with E-state index in [0.717, 1.165) is 30.3 Å². The van der Waals surface area contributed by atoms with Gasteiger partial charge in [0, 0.05) is 16.7 Å². The van der Waals surface area contributed by atoms with Gasteiger partial charge < -0.3 is 19.8 Å². The number of carbonyl (C=O) groups excluding carboxylic acids is 3. The van der Waals surface area contributed by atoms with Gasteiger partial charge in [-0.2, -0.15) is 0 Å². The van der Waals surface area contributed by atoms with E-state index in [2.05, 4.69) is 0 Å². The van der Waals surface area contributed by atoms with E-state index in [9.17, 15) is 29.0 Å². The monoisotopic (exact) mass is 364 g/mol. The van der Waals surface area contributed by atoms with E-state index < -0.39 is 29.1 Å². The third-order valence-corrected chi connectivity index (χ3v) is 2.83. The van der Waals surface area contributed by atoms with E-state index in [1.165, 1.54) is 12.1 Å². The van der Waals surface area contributed by atoms with Crippen molar-refractivity contribution in [3.63, 3.8) is 0 Å². The molecular formula is C15H7FK2O5. The van der Waals surface area contributed by atoms with Crippen LogP contribution < -0.4 is 113 Å². The largest absolute Gasteiger partial charge is 1.00 e. The van der Waals surface area contributed by atoms with E-state index >= 15 is 0 Å². The van der Waals surface area contributed by atoms with Crippen molar-refractivity contribution in [1.29, 1.82) is 0 Å². The Bertz CT molecular complexity index is 744. The van der Waals surface area contributed by atoms with Crippen molar-refractivity contribution >= 4 is 17.7 Å². The molecule has 0 N–H and O–H groups in total. The fraction of sp³-hybridized carbons (Fsp3) is 0. The molecule has 0 aliphatic rings. The maximum Gasteiger partial charge on any atom is 1.00 e. The van der Waals surface area contributed by atoms with Crippen molar-refractivity contribution < 1.29 is 132 Å². The molecule has 106 valence electrons. The van der Waals surface area contributed by atoms with Crippen molar-refractivity contribution in [2.24, 2.45) is 0 Å². The second-order valence-corrected chi connectivity index (χ2v) is 4.17. The Morgan fingerprint density at radius 2 is 1.26 bits per heavy atom. The number of carboxylic acid groups (broad SMARTS) is 2. The van der Waals surface area contributed by atoms with E-state index in [0.29, 0.717) is 0 Å². The number of carbonyl (C=O) groups is 3. The molecule has 2 aromatic rings. The van der Waals surface area contributed by atoms with Crippen LogP contribution in [-0.2, 0) is 0 Å². The van der Waals surface area contributed by atoms with E-state index in [4.69, 9.17) is 0 Å². The molecule has 0 saturated heterocycles. The van der Waals surface area contributed by atoms with Crippen LogP contribution in [-0.4, -0.2) is 17.7 Å². The Labute approximate surface area is 216 Å². The minimum Gasteiger partial charge on any atom is -0.545 e. The molecule has 0 aromatic heterocycles. The number of hydrogen-bond donors (Lipinski definition) is 0. The van der Waals surface area contributed by atoms with E-state index in [-0.39, 0.29) is 119 Å². The molecule has 0 saturated carbocycles. The van der Waals surface area contributed by atoms with Gasteiger partial charge in [-0.25, -0.2) is 4.39 Å². The quantitative estimate of drug-likeness (QED) is 0.397. The number of ketones is 1. The second-order valence-electron chi connectivity index (χ2n) is 4.17. The standard InChI is InChI=1S/C15H9FO5.2K/c16-10-4-1-8(2-5-10)13(17)11-6-3-9(14(18)19)7-12(11)15(20)21;;/h1-7H,(H,18,19)(H,20,21);;/q;2*+1/p-2. The van der Waals surface area contributed by atoms with Gasteiger partial charge in [-0.05, 0) is 42.0 Å². The fourth-order valence-corrected chi connectivity index (χ4v) is 1.79. The van der Waals surface area contributed by atoms with Gasteiger partial charge in [-0.3, -0.25) is 4.79 Å². The van der Waals surface area contributed by atoms with Gasteiger partial charge in [0.25, 0.3) is 0 Å². The first kappa shape index (κ1) is 23.3. The van der Waals surface area contributed by atoms with E-state index in [1.807, 2.05) is 0 Å². The predicted octanol–water partition coefficient (Wildman–Crippen LogP) is -6.21. The van der Waals surface area contributed by atoms with Crippen molar-refractivity contribution in [1.82, 2.24) is 0 Å². The van der Waals surface area contributed by atoms with Crippen LogP contribution in [0, 0.1) is 5.82 Å². The predicted molar refractivity (Wildman–Crippen MR) is 64.9 cm³/mol. The molecule has 0 radical (unpaired) electrons. The number of hydrogen-bond acceptors (Lipinski definition) is 5. The smallest absolute Gasteiger partial charge is 0.545 e. The summed E-state index contributed by atoms with van der Waals surface area (Å²) >= 11 is 0. The molecule has 2 aromatic carbocycles. The summed E-state index contributed by atoms with van der Waals surface area (Å²) in [6.45, 7) is 0. The average Bonchev–Trinajstić information content (AvgIpc) is 2.46. The van der Waals surface area contributed by atoms with Crippen molar-refractivity contribution in [3.05, 3.63) is 70.5 Å². The number of aromatic carboxylic acids is 2. The molecule has 0 aliphatic carbocycles. The summed E-state index contributed by atoms with van der Waals surface area (Å²) in [5.41, 5.74) is -1.12. The number of rotatable bonds is 4. The zero-order chi connectivity index (χ0) is 15.6. The third-order valence-electron chi connectivity index (χ3n) is 2.83. The average molecular weight is 364 g/mol. The normalized spacial score (nSPS) is 9.26. The van der Waals surface area contributed by atoms with Crippen LogP contribution in [0.15, 0.2) is 42.5 Å². The maximum absolute atomic E-state index is 12.8. The van der Waals surface area contributed by atoms with Gasteiger partial charge in [0.15, 0.2) is 5.78 Å². The Morgan fingerprint density at radius 1 is 0.739 bits per heavy atom. The van der Waals surface area contributed by atoms with Crippen molar-refractivity contribution in [2.45, 2.75) is 0 Å². The summed E-state index contributed by atoms with van der Waals surface area (Å²) in [5, 5.41) is 21.8. The first-order chi connectivity index (χ1) is 9.90. The summed E-state index contributed by atoms with van der Waals surface area (Å²) in [6.07, 6.45) is 0. The summed E-state index contributed by atoms with van der Waals surface area (Å²) < 4.78 is 12.8. The minimum absolute atomic E-state index is 0. The summed E-state index contributed by atoms with van der Waals surface area (Å²) in [5.74, 6) is -4.49. The molecule has 5 nitrogen and oxygen atoms in total. The van der Waals surface area contributed by atoms with Crippen LogP contribution >= 0.6 is 0 Å². The zero-order valence-corrected chi connectivity index (χ0v) is 18.7. The SMILES string of the molecule is O=C([O-])c1ccc(C(=O)c2ccc(F)cc2)c(C(=O)[O-])c1.[K+].[K+]. The number of carboxylic acids is 2. The molecule has 0 unspecified atom stereocenters. The molecule has 0 heterocycles. The Hall–Kier alpha value is 0.253. The van der Waals surface area contributed by atoms with E-state index in [1.54, 1.807) is 0 Å². The van der Waals surface area contributed by atoms with Crippen molar-refractivity contribution in [2.75, 3.05) is 0 Å². The molecule has 0 spiro atoms. The molecule has 0 bridgehead atoms. The van der Waals surface area contributed by atoms with Gasteiger partial charge in [-0.15, -0.1) is 0 Å². The molecule has 0 fully saturated rings. The second kappa shape index (κ2) is 10.3. The molecule has 0 amide bonds. The molecular weight excluding hydrogens is 357 g/mol. The van der Waals surface area contributed by atoms with Crippen LogP contribution in [0.2, 0.25) is 0 Å². The molecule has 8 heteroatoms. The Kier molecular flexibility index (Phi) is 10.4. The molecule has 23 heavy (non-hydrogen) atoms. The fourth-order valence-electron chi connectivity index (χ4n) is 1.79. The zero-order valence-electron chi connectivity index (χ0n) is 12.5. The summed E-state index contributed by atoms with van der Waals surface area (Å²) in [4.78, 5) is 34.0. The maximum atomic E-state index is 12.8. The molecule has 0 aliphatic heterocycles. The van der Waals surface area contributed by atoms with Gasteiger partial charge >= 0.3 is 103 Å². The van der Waals surface area contributed by atoms with Crippen LogP contribution in [0.25, 0.3) is 0 Å². The van der Waals surface area contributed by atoms with Crippen LogP contribution in [0.4, 0.5) is 4.39 Å². The first-order valence-electron chi connectivity index (χ1n) is 5.77. The van der Waals surface area contributed by atoms with Gasteiger partial charge in [-0.1, -0.05) is 6.07 Å². The summed E-state index contributed by atoms with van der Waals surface area (Å²) in [6, 6.07) is 7.41. The van der Waals surface area contributed by atoms with Crippen LogP contribution in [0.3, 0.4) is 0 Å². The van der Waals surface area contributed by atoms with Crippen molar-refractivity contribution in [3.8, 4) is 0 Å². The number of benzene rings is 2. The van der Waals surface area contributed by atoms with Gasteiger partial charge in [0.2, 0.25) is 0 Å². The van der Waals surface area contributed by atoms with Crippen LogP contribution in [0.5, 0.6) is 0 Å². The summed E-state index contributed by atoms with van der Waals surface area (Å²) in [7, 11) is 0. The molecule has 2 rings (SSSR count). The molecule has 0 atom stereocenters. The Balaban J connectivity index is 0.00000242. The third kappa shape index (κ3) is 5.92.